The van der Waals surface area contributed by atoms with E-state index in [1.54, 1.807) is 23.7 Å². The van der Waals surface area contributed by atoms with E-state index in [1.807, 2.05) is 50.2 Å². The molecule has 0 spiro atoms. The van der Waals surface area contributed by atoms with Crippen LogP contribution < -0.4 is 10.6 Å². The highest BCUT2D eigenvalue weighted by molar-refractivity contribution is 7.15. The van der Waals surface area contributed by atoms with Crippen molar-refractivity contribution in [2.24, 2.45) is 0 Å². The van der Waals surface area contributed by atoms with Crippen LogP contribution in [0.4, 0.5) is 24.8 Å². The lowest BCUT2D eigenvalue weighted by Gasteiger charge is -2.11. The SMILES string of the molecule is Cc1cc(Nc2nccc(C(F)(F)F)n2)cc(-c2cnc(CNC(C)c3ccccn3)s2)c1. The molecule has 0 radical (unpaired) electrons. The molecule has 2 N–H and O–H groups in total. The van der Waals surface area contributed by atoms with E-state index in [4.69, 9.17) is 0 Å². The fraction of sp³-hybridized carbons (Fsp3) is 0.217. The van der Waals surface area contributed by atoms with Crippen molar-refractivity contribution >= 4 is 23.0 Å². The minimum absolute atomic E-state index is 0.0841. The summed E-state index contributed by atoms with van der Waals surface area (Å²) in [6, 6.07) is 12.4. The highest BCUT2D eigenvalue weighted by Gasteiger charge is 2.32. The van der Waals surface area contributed by atoms with Crippen LogP contribution in [0, 0.1) is 6.92 Å². The molecule has 3 aromatic heterocycles. The van der Waals surface area contributed by atoms with Gasteiger partial charge in [-0.25, -0.2) is 15.0 Å². The Morgan fingerprint density at radius 3 is 2.64 bits per heavy atom. The normalized spacial score (nSPS) is 12.5. The van der Waals surface area contributed by atoms with Gasteiger partial charge in [0, 0.05) is 36.9 Å². The number of thiazole rings is 1. The van der Waals surface area contributed by atoms with Gasteiger partial charge < -0.3 is 10.6 Å². The lowest BCUT2D eigenvalue weighted by Crippen LogP contribution is -2.18. The Bertz CT molecular complexity index is 1230. The number of anilines is 2. The molecule has 10 heteroatoms. The van der Waals surface area contributed by atoms with Crippen LogP contribution in [0.1, 0.15) is 34.9 Å². The first-order chi connectivity index (χ1) is 15.8. The van der Waals surface area contributed by atoms with Crippen molar-refractivity contribution in [3.05, 3.63) is 83.0 Å². The van der Waals surface area contributed by atoms with E-state index in [9.17, 15) is 13.2 Å². The van der Waals surface area contributed by atoms with Gasteiger partial charge in [0.15, 0.2) is 0 Å². The van der Waals surface area contributed by atoms with Crippen LogP contribution >= 0.6 is 11.3 Å². The van der Waals surface area contributed by atoms with Gasteiger partial charge in [0.25, 0.3) is 0 Å². The molecule has 6 nitrogen and oxygen atoms in total. The van der Waals surface area contributed by atoms with Gasteiger partial charge in [-0.15, -0.1) is 11.3 Å². The summed E-state index contributed by atoms with van der Waals surface area (Å²) in [5.74, 6) is -0.112. The maximum atomic E-state index is 12.9. The van der Waals surface area contributed by atoms with Crippen molar-refractivity contribution in [2.45, 2.75) is 32.6 Å². The van der Waals surface area contributed by atoms with Crippen LogP contribution in [-0.4, -0.2) is 19.9 Å². The van der Waals surface area contributed by atoms with E-state index < -0.39 is 11.9 Å². The summed E-state index contributed by atoms with van der Waals surface area (Å²) in [7, 11) is 0. The largest absolute Gasteiger partial charge is 0.433 e. The molecule has 1 atom stereocenters. The topological polar surface area (TPSA) is 75.6 Å². The first kappa shape index (κ1) is 22.8. The van der Waals surface area contributed by atoms with E-state index >= 15 is 0 Å². The minimum Gasteiger partial charge on any atom is -0.324 e. The van der Waals surface area contributed by atoms with Gasteiger partial charge >= 0.3 is 6.18 Å². The number of rotatable bonds is 7. The summed E-state index contributed by atoms with van der Waals surface area (Å²) in [6.07, 6.45) is 0.122. The van der Waals surface area contributed by atoms with Crippen molar-refractivity contribution in [1.82, 2.24) is 25.3 Å². The van der Waals surface area contributed by atoms with Gasteiger partial charge in [-0.3, -0.25) is 4.98 Å². The molecule has 3 heterocycles. The van der Waals surface area contributed by atoms with E-state index in [2.05, 4.69) is 30.6 Å². The van der Waals surface area contributed by atoms with Crippen LogP contribution in [0.3, 0.4) is 0 Å². The van der Waals surface area contributed by atoms with E-state index in [-0.39, 0.29) is 12.0 Å². The summed E-state index contributed by atoms with van der Waals surface area (Å²) < 4.78 is 38.8. The maximum absolute atomic E-state index is 12.9. The van der Waals surface area contributed by atoms with Crippen molar-refractivity contribution in [3.8, 4) is 10.4 Å². The zero-order valence-electron chi connectivity index (χ0n) is 17.9. The average Bonchev–Trinajstić information content (AvgIpc) is 3.26. The molecule has 0 saturated carbocycles. The molecule has 0 fully saturated rings. The number of nitrogens with one attached hydrogen (secondary N) is 2. The van der Waals surface area contributed by atoms with Crippen molar-refractivity contribution in [2.75, 3.05) is 5.32 Å². The van der Waals surface area contributed by atoms with Gasteiger partial charge in [-0.2, -0.15) is 13.2 Å². The highest BCUT2D eigenvalue weighted by atomic mass is 32.1. The van der Waals surface area contributed by atoms with Crippen LogP contribution in [0.25, 0.3) is 10.4 Å². The number of hydrogen-bond donors (Lipinski definition) is 2. The summed E-state index contributed by atoms with van der Waals surface area (Å²) in [5, 5.41) is 7.21. The smallest absolute Gasteiger partial charge is 0.324 e. The molecule has 4 rings (SSSR count). The van der Waals surface area contributed by atoms with Gasteiger partial charge in [0.05, 0.1) is 10.6 Å². The Kier molecular flexibility index (Phi) is 6.66. The second-order valence-electron chi connectivity index (χ2n) is 7.45. The van der Waals surface area contributed by atoms with Gasteiger partial charge in [-0.1, -0.05) is 12.1 Å². The summed E-state index contributed by atoms with van der Waals surface area (Å²) in [4.78, 5) is 17.3. The molecule has 33 heavy (non-hydrogen) atoms. The second-order valence-corrected chi connectivity index (χ2v) is 8.57. The molecular formula is C23H21F3N6S. The average molecular weight is 471 g/mol. The Labute approximate surface area is 193 Å². The highest BCUT2D eigenvalue weighted by Crippen LogP contribution is 2.31. The predicted molar refractivity (Wildman–Crippen MR) is 122 cm³/mol. The fourth-order valence-electron chi connectivity index (χ4n) is 3.21. The monoisotopic (exact) mass is 470 g/mol. The van der Waals surface area contributed by atoms with E-state index in [0.29, 0.717) is 12.2 Å². The molecule has 0 aliphatic rings. The molecule has 1 aromatic carbocycles. The van der Waals surface area contributed by atoms with E-state index in [1.165, 1.54) is 0 Å². The summed E-state index contributed by atoms with van der Waals surface area (Å²) >= 11 is 1.55. The molecule has 0 aliphatic carbocycles. The molecule has 4 aromatic rings. The Morgan fingerprint density at radius 1 is 1.03 bits per heavy atom. The lowest BCUT2D eigenvalue weighted by atomic mass is 10.1. The van der Waals surface area contributed by atoms with Crippen molar-refractivity contribution in [3.63, 3.8) is 0 Å². The van der Waals surface area contributed by atoms with Gasteiger partial charge in [0.2, 0.25) is 5.95 Å². The Balaban J connectivity index is 1.48. The number of aryl methyl sites for hydroxylation is 1. The first-order valence-corrected chi connectivity index (χ1v) is 11.0. The van der Waals surface area contributed by atoms with Crippen LogP contribution in [-0.2, 0) is 12.7 Å². The molecular weight excluding hydrogens is 449 g/mol. The number of benzene rings is 1. The van der Waals surface area contributed by atoms with E-state index in [0.717, 1.165) is 39.0 Å². The van der Waals surface area contributed by atoms with Gasteiger partial charge in [-0.05, 0) is 55.3 Å². The zero-order valence-corrected chi connectivity index (χ0v) is 18.7. The predicted octanol–water partition coefficient (Wildman–Crippen LogP) is 5.92. The summed E-state index contributed by atoms with van der Waals surface area (Å²) in [5.41, 5.74) is 2.42. The van der Waals surface area contributed by atoms with Crippen LogP contribution in [0.15, 0.2) is 61.1 Å². The number of aromatic nitrogens is 4. The fourth-order valence-corrected chi connectivity index (χ4v) is 4.06. The molecule has 1 unspecified atom stereocenters. The summed E-state index contributed by atoms with van der Waals surface area (Å²) in [6.45, 7) is 4.56. The van der Waals surface area contributed by atoms with Crippen molar-refractivity contribution < 1.29 is 13.2 Å². The standard InChI is InChI=1S/C23H21F3N6S/c1-14-9-16(11-17(10-14)31-22-28-8-6-20(32-22)23(24,25)26)19-12-30-21(33-19)13-29-15(2)18-5-3-4-7-27-18/h3-12,15,29H,13H2,1-2H3,(H,28,31,32). The quantitative estimate of drug-likeness (QED) is 0.349. The second kappa shape index (κ2) is 9.63. The zero-order chi connectivity index (χ0) is 23.4. The molecule has 0 bridgehead atoms. The third-order valence-corrected chi connectivity index (χ3v) is 5.85. The lowest BCUT2D eigenvalue weighted by molar-refractivity contribution is -0.141. The third-order valence-electron chi connectivity index (χ3n) is 4.81. The van der Waals surface area contributed by atoms with Gasteiger partial charge in [0.1, 0.15) is 10.7 Å². The number of halogens is 3. The number of alkyl halides is 3. The first-order valence-electron chi connectivity index (χ1n) is 10.2. The number of nitrogens with zero attached hydrogens (tertiary/aromatic N) is 4. The molecule has 170 valence electrons. The minimum atomic E-state index is -4.53. The Morgan fingerprint density at radius 2 is 1.88 bits per heavy atom. The van der Waals surface area contributed by atoms with Crippen LogP contribution in [0.5, 0.6) is 0 Å². The molecule has 0 amide bonds. The van der Waals surface area contributed by atoms with Crippen LogP contribution in [0.2, 0.25) is 0 Å². The Hall–Kier alpha value is -3.37. The maximum Gasteiger partial charge on any atom is 0.433 e. The van der Waals surface area contributed by atoms with Crippen molar-refractivity contribution in [1.29, 1.82) is 0 Å². The number of pyridine rings is 1. The molecule has 0 aliphatic heterocycles. The number of hydrogen-bond acceptors (Lipinski definition) is 7. The third kappa shape index (κ3) is 5.91. The molecule has 0 saturated heterocycles.